The van der Waals surface area contributed by atoms with E-state index in [-0.39, 0.29) is 0 Å². The number of aromatic nitrogens is 5. The number of benzene rings is 5. The number of para-hydroxylation sites is 1. The monoisotopic (exact) mass is 627 g/mol. The van der Waals surface area contributed by atoms with Gasteiger partial charge < -0.3 is 0 Å². The van der Waals surface area contributed by atoms with Gasteiger partial charge in [0.25, 0.3) is 0 Å². The second kappa shape index (κ2) is 11.9. The number of pyridine rings is 3. The Hall–Kier alpha value is -6.59. The van der Waals surface area contributed by atoms with Crippen molar-refractivity contribution in [1.29, 1.82) is 0 Å². The molecule has 0 bridgehead atoms. The van der Waals surface area contributed by atoms with Gasteiger partial charge in [-0.15, -0.1) is 0 Å². The molecule has 0 N–H and O–H groups in total. The molecule has 4 aromatic heterocycles. The maximum atomic E-state index is 5.30. The lowest BCUT2D eigenvalue weighted by Gasteiger charge is -2.14. The standard InChI is InChI=1S/C44H29N5/c1-28-20-21-32-22-23-36-37(26-38(29-11-4-2-5-12-29)47-43(36)42(32)46-28)40-27-39(30-13-6-3-7-14-30)48-44(49-40)34-17-8-16-33(25-34)35-19-9-15-31-18-10-24-45-41(31)35/h2-27H,1H3. The molecule has 0 unspecified atom stereocenters. The van der Waals surface area contributed by atoms with Gasteiger partial charge in [-0.1, -0.05) is 121 Å². The number of hydrogen-bond donors (Lipinski definition) is 0. The van der Waals surface area contributed by atoms with Crippen molar-refractivity contribution in [1.82, 2.24) is 24.9 Å². The third kappa shape index (κ3) is 5.28. The van der Waals surface area contributed by atoms with Gasteiger partial charge in [-0.2, -0.15) is 0 Å². The van der Waals surface area contributed by atoms with Gasteiger partial charge in [0.05, 0.1) is 33.6 Å². The van der Waals surface area contributed by atoms with Crippen LogP contribution in [0.1, 0.15) is 5.69 Å². The highest BCUT2D eigenvalue weighted by Crippen LogP contribution is 2.37. The maximum absolute atomic E-state index is 5.30. The van der Waals surface area contributed by atoms with Crippen LogP contribution in [0, 0.1) is 6.92 Å². The van der Waals surface area contributed by atoms with Gasteiger partial charge in [0.1, 0.15) is 0 Å². The van der Waals surface area contributed by atoms with Crippen LogP contribution in [0.15, 0.2) is 158 Å². The molecule has 0 amide bonds. The van der Waals surface area contributed by atoms with Crippen LogP contribution in [0.3, 0.4) is 0 Å². The first-order valence-corrected chi connectivity index (χ1v) is 16.3. The minimum Gasteiger partial charge on any atom is -0.256 e. The molecule has 0 spiro atoms. The zero-order valence-corrected chi connectivity index (χ0v) is 26.7. The van der Waals surface area contributed by atoms with E-state index >= 15 is 0 Å². The summed E-state index contributed by atoms with van der Waals surface area (Å²) >= 11 is 0. The summed E-state index contributed by atoms with van der Waals surface area (Å²) in [4.78, 5) is 25.4. The highest BCUT2D eigenvalue weighted by molar-refractivity contribution is 6.09. The smallest absolute Gasteiger partial charge is 0.160 e. The van der Waals surface area contributed by atoms with Crippen LogP contribution < -0.4 is 0 Å². The molecule has 4 heterocycles. The third-order valence-corrected chi connectivity index (χ3v) is 8.98. The number of nitrogens with zero attached hydrogens (tertiary/aromatic N) is 5. The Kier molecular flexibility index (Phi) is 6.95. The Balaban J connectivity index is 1.30. The second-order valence-corrected chi connectivity index (χ2v) is 12.2. The van der Waals surface area contributed by atoms with E-state index in [0.29, 0.717) is 5.82 Å². The molecule has 5 aromatic carbocycles. The molecular formula is C44H29N5. The first-order chi connectivity index (χ1) is 24.2. The van der Waals surface area contributed by atoms with Crippen molar-refractivity contribution in [2.24, 2.45) is 0 Å². The van der Waals surface area contributed by atoms with Crippen molar-refractivity contribution in [3.63, 3.8) is 0 Å². The molecule has 0 saturated heterocycles. The summed E-state index contributed by atoms with van der Waals surface area (Å²) in [6.07, 6.45) is 1.84. The fourth-order valence-corrected chi connectivity index (χ4v) is 6.57. The Morgan fingerprint density at radius 1 is 0.388 bits per heavy atom. The van der Waals surface area contributed by atoms with Gasteiger partial charge in [-0.05, 0) is 42.8 Å². The predicted octanol–water partition coefficient (Wildman–Crippen LogP) is 10.8. The van der Waals surface area contributed by atoms with E-state index < -0.39 is 0 Å². The summed E-state index contributed by atoms with van der Waals surface area (Å²) in [6.45, 7) is 2.02. The number of rotatable bonds is 5. The summed E-state index contributed by atoms with van der Waals surface area (Å²) in [5.41, 5.74) is 12.3. The topological polar surface area (TPSA) is 64.5 Å². The Morgan fingerprint density at radius 2 is 1.04 bits per heavy atom. The molecule has 5 nitrogen and oxygen atoms in total. The predicted molar refractivity (Wildman–Crippen MR) is 200 cm³/mol. The van der Waals surface area contributed by atoms with Crippen molar-refractivity contribution < 1.29 is 0 Å². The summed E-state index contributed by atoms with van der Waals surface area (Å²) in [7, 11) is 0. The van der Waals surface area contributed by atoms with Crippen molar-refractivity contribution >= 4 is 32.7 Å². The Labute approximate surface area is 283 Å². The van der Waals surface area contributed by atoms with Crippen LogP contribution in [0.25, 0.3) is 89.0 Å². The molecule has 9 aromatic rings. The fraction of sp³-hybridized carbons (Fsp3) is 0.0227. The molecule has 0 atom stereocenters. The Bertz CT molecular complexity index is 2660. The SMILES string of the molecule is Cc1ccc2ccc3c(-c4cc(-c5ccccc5)nc(-c5cccc(-c6cccc7cccnc67)c5)n4)cc(-c4ccccc4)nc3c2n1. The van der Waals surface area contributed by atoms with Crippen LogP contribution in [0.2, 0.25) is 0 Å². The highest BCUT2D eigenvalue weighted by Gasteiger charge is 2.18. The van der Waals surface area contributed by atoms with E-state index in [0.717, 1.165) is 88.9 Å². The summed E-state index contributed by atoms with van der Waals surface area (Å²) in [6, 6.07) is 52.1. The first kappa shape index (κ1) is 28.6. The zero-order chi connectivity index (χ0) is 32.7. The number of aryl methyl sites for hydroxylation is 1. The van der Waals surface area contributed by atoms with Gasteiger partial charge in [0, 0.05) is 55.9 Å². The van der Waals surface area contributed by atoms with Crippen LogP contribution in [0.5, 0.6) is 0 Å². The minimum absolute atomic E-state index is 0.646. The average Bonchev–Trinajstić information content (AvgIpc) is 3.17. The van der Waals surface area contributed by atoms with Crippen LogP contribution in [-0.2, 0) is 0 Å². The van der Waals surface area contributed by atoms with E-state index in [2.05, 4.69) is 103 Å². The fourth-order valence-electron chi connectivity index (χ4n) is 6.57. The quantitative estimate of drug-likeness (QED) is 0.178. The van der Waals surface area contributed by atoms with Gasteiger partial charge in [-0.3, -0.25) is 9.97 Å². The van der Waals surface area contributed by atoms with Crippen molar-refractivity contribution in [2.75, 3.05) is 0 Å². The normalized spacial score (nSPS) is 11.4. The average molecular weight is 628 g/mol. The van der Waals surface area contributed by atoms with E-state index in [1.54, 1.807) is 0 Å². The van der Waals surface area contributed by atoms with Gasteiger partial charge in [-0.25, -0.2) is 15.0 Å². The molecule has 0 aliphatic heterocycles. The van der Waals surface area contributed by atoms with Gasteiger partial charge >= 0.3 is 0 Å². The molecule has 0 saturated carbocycles. The lowest BCUT2D eigenvalue weighted by molar-refractivity contribution is 1.18. The molecule has 49 heavy (non-hydrogen) atoms. The number of hydrogen-bond acceptors (Lipinski definition) is 5. The van der Waals surface area contributed by atoms with Crippen molar-refractivity contribution in [2.45, 2.75) is 6.92 Å². The molecule has 5 heteroatoms. The lowest BCUT2D eigenvalue weighted by atomic mass is 9.98. The third-order valence-electron chi connectivity index (χ3n) is 8.98. The molecule has 230 valence electrons. The Morgan fingerprint density at radius 3 is 1.86 bits per heavy atom. The first-order valence-electron chi connectivity index (χ1n) is 16.3. The second-order valence-electron chi connectivity index (χ2n) is 12.2. The molecule has 0 aliphatic rings. The van der Waals surface area contributed by atoms with E-state index in [9.17, 15) is 0 Å². The lowest BCUT2D eigenvalue weighted by Crippen LogP contribution is -1.98. The van der Waals surface area contributed by atoms with Gasteiger partial charge in [0.15, 0.2) is 5.82 Å². The molecular weight excluding hydrogens is 599 g/mol. The van der Waals surface area contributed by atoms with E-state index in [1.165, 1.54) is 0 Å². The van der Waals surface area contributed by atoms with Crippen LogP contribution in [-0.4, -0.2) is 24.9 Å². The van der Waals surface area contributed by atoms with Crippen molar-refractivity contribution in [3.05, 3.63) is 164 Å². The molecule has 0 radical (unpaired) electrons. The highest BCUT2D eigenvalue weighted by atomic mass is 14.9. The summed E-state index contributed by atoms with van der Waals surface area (Å²) < 4.78 is 0. The molecule has 0 aliphatic carbocycles. The van der Waals surface area contributed by atoms with Crippen molar-refractivity contribution in [3.8, 4) is 56.3 Å². The van der Waals surface area contributed by atoms with Crippen LogP contribution >= 0.6 is 0 Å². The van der Waals surface area contributed by atoms with Crippen LogP contribution in [0.4, 0.5) is 0 Å². The van der Waals surface area contributed by atoms with E-state index in [4.69, 9.17) is 24.9 Å². The minimum atomic E-state index is 0.646. The number of fused-ring (bicyclic) bond motifs is 4. The van der Waals surface area contributed by atoms with E-state index in [1.807, 2.05) is 61.7 Å². The maximum Gasteiger partial charge on any atom is 0.160 e. The van der Waals surface area contributed by atoms with Gasteiger partial charge in [0.2, 0.25) is 0 Å². The summed E-state index contributed by atoms with van der Waals surface area (Å²) in [5, 5.41) is 3.14. The zero-order valence-electron chi connectivity index (χ0n) is 26.7. The molecule has 0 fully saturated rings. The molecule has 9 rings (SSSR count). The summed E-state index contributed by atoms with van der Waals surface area (Å²) in [5.74, 6) is 0.646. The largest absolute Gasteiger partial charge is 0.256 e.